The van der Waals surface area contributed by atoms with Gasteiger partial charge < -0.3 is 0 Å². The van der Waals surface area contributed by atoms with Gasteiger partial charge in [0.15, 0.2) is 0 Å². The molecule has 4 fully saturated rings. The number of hydrogen-bond donors (Lipinski definition) is 0. The Morgan fingerprint density at radius 2 is 1.29 bits per heavy atom. The van der Waals surface area contributed by atoms with Crippen LogP contribution < -0.4 is 0 Å². The van der Waals surface area contributed by atoms with Crippen LogP contribution in [0.3, 0.4) is 0 Å². The Labute approximate surface area is 208 Å². The van der Waals surface area contributed by atoms with E-state index in [2.05, 4.69) is 0 Å². The van der Waals surface area contributed by atoms with E-state index < -0.39 is 20.2 Å². The van der Waals surface area contributed by atoms with Crippen molar-refractivity contribution >= 4 is 32.1 Å². The molecule has 1 saturated heterocycles. The lowest BCUT2D eigenvalue weighted by atomic mass is 9.78. The summed E-state index contributed by atoms with van der Waals surface area (Å²) in [6.07, 6.45) is 9.09. The van der Waals surface area contributed by atoms with Gasteiger partial charge in [-0.15, -0.1) is 0 Å². The fraction of sp³-hybridized carbons (Fsp3) is 0.913. The highest BCUT2D eigenvalue weighted by molar-refractivity contribution is 7.86. The first-order valence-electron chi connectivity index (χ1n) is 12.7. The van der Waals surface area contributed by atoms with Gasteiger partial charge in [0.25, 0.3) is 20.2 Å². The second kappa shape index (κ2) is 10.7. The highest BCUT2D eigenvalue weighted by atomic mass is 32.2. The molecule has 10 nitrogen and oxygen atoms in total. The lowest BCUT2D eigenvalue weighted by molar-refractivity contribution is -0.142. The van der Waals surface area contributed by atoms with Crippen LogP contribution in [0.4, 0.5) is 0 Å². The van der Waals surface area contributed by atoms with E-state index in [1.54, 1.807) is 4.90 Å². The zero-order valence-electron chi connectivity index (χ0n) is 20.6. The van der Waals surface area contributed by atoms with Crippen molar-refractivity contribution in [1.82, 2.24) is 9.80 Å². The zero-order valence-corrected chi connectivity index (χ0v) is 22.3. The number of carbonyl (C=O) groups is 2. The quantitative estimate of drug-likeness (QED) is 0.267. The van der Waals surface area contributed by atoms with E-state index in [0.717, 1.165) is 57.5 Å². The second-order valence-electron chi connectivity index (χ2n) is 10.8. The highest BCUT2D eigenvalue weighted by Gasteiger charge is 2.61. The number of carbonyl (C=O) groups excluding carboxylic acids is 2. The number of likely N-dealkylation sites (tertiary alicyclic amines) is 1. The Hall–Kier alpha value is -1.08. The van der Waals surface area contributed by atoms with Crippen LogP contribution in [0.1, 0.15) is 44.9 Å². The van der Waals surface area contributed by atoms with Crippen molar-refractivity contribution in [2.45, 2.75) is 44.9 Å². The average molecular weight is 535 g/mol. The topological polar surface area (TPSA) is 127 Å². The summed E-state index contributed by atoms with van der Waals surface area (Å²) in [6, 6.07) is 0. The Balaban J connectivity index is 1.39. The van der Waals surface area contributed by atoms with Crippen LogP contribution in [-0.2, 0) is 38.2 Å². The van der Waals surface area contributed by atoms with Gasteiger partial charge in [0.1, 0.15) is 0 Å². The van der Waals surface area contributed by atoms with Crippen LogP contribution >= 0.6 is 0 Å². The van der Waals surface area contributed by atoms with Crippen molar-refractivity contribution in [2.24, 2.45) is 35.5 Å². The molecule has 0 radical (unpaired) electrons. The molecule has 35 heavy (non-hydrogen) atoms. The molecule has 4 rings (SSSR count). The van der Waals surface area contributed by atoms with E-state index in [9.17, 15) is 26.4 Å². The first kappa shape index (κ1) is 27.0. The van der Waals surface area contributed by atoms with Gasteiger partial charge in [-0.1, -0.05) is 12.8 Å². The van der Waals surface area contributed by atoms with Crippen LogP contribution in [0.25, 0.3) is 0 Å². The maximum absolute atomic E-state index is 13.2. The summed E-state index contributed by atoms with van der Waals surface area (Å²) in [6.45, 7) is 1.58. The molecule has 1 aliphatic heterocycles. The molecule has 12 heteroatoms. The van der Waals surface area contributed by atoms with Gasteiger partial charge in [-0.05, 0) is 55.8 Å². The van der Waals surface area contributed by atoms with E-state index in [4.69, 9.17) is 8.37 Å². The summed E-state index contributed by atoms with van der Waals surface area (Å²) in [5.74, 6) is 0.943. The fourth-order valence-corrected chi connectivity index (χ4v) is 7.67. The van der Waals surface area contributed by atoms with E-state index in [1.165, 1.54) is 0 Å². The average Bonchev–Trinajstić information content (AvgIpc) is 3.43. The largest absolute Gasteiger partial charge is 0.298 e. The molecule has 3 saturated carbocycles. The van der Waals surface area contributed by atoms with Gasteiger partial charge in [0.2, 0.25) is 11.8 Å². The van der Waals surface area contributed by atoms with Crippen LogP contribution in [0.5, 0.6) is 0 Å². The number of rotatable bonds is 12. The van der Waals surface area contributed by atoms with Gasteiger partial charge in [0, 0.05) is 26.2 Å². The second-order valence-corrected chi connectivity index (χ2v) is 14.1. The van der Waals surface area contributed by atoms with Crippen molar-refractivity contribution < 1.29 is 34.8 Å². The van der Waals surface area contributed by atoms with Crippen molar-refractivity contribution in [1.29, 1.82) is 0 Å². The molecule has 0 aromatic heterocycles. The smallest absolute Gasteiger partial charge is 0.264 e. The van der Waals surface area contributed by atoms with E-state index >= 15 is 0 Å². The number of amides is 2. The zero-order chi connectivity index (χ0) is 25.4. The normalized spacial score (nSPS) is 33.2. The van der Waals surface area contributed by atoms with Crippen LogP contribution in [-0.4, -0.2) is 90.4 Å². The number of imide groups is 1. The predicted molar refractivity (Wildman–Crippen MR) is 128 cm³/mol. The molecule has 0 aromatic carbocycles. The van der Waals surface area contributed by atoms with Gasteiger partial charge in [-0.2, -0.15) is 16.8 Å². The van der Waals surface area contributed by atoms with Crippen LogP contribution in [0.15, 0.2) is 0 Å². The molecule has 0 unspecified atom stereocenters. The molecule has 0 N–H and O–H groups in total. The Kier molecular flexibility index (Phi) is 8.26. The van der Waals surface area contributed by atoms with Crippen molar-refractivity contribution in [3.63, 3.8) is 0 Å². The molecular weight excluding hydrogens is 496 g/mol. The summed E-state index contributed by atoms with van der Waals surface area (Å²) in [4.78, 5) is 29.9. The molecule has 0 aromatic rings. The highest BCUT2D eigenvalue weighted by Crippen LogP contribution is 2.56. The Bertz CT molecular complexity index is 949. The molecule has 3 aliphatic carbocycles. The molecule has 1 heterocycles. The summed E-state index contributed by atoms with van der Waals surface area (Å²) in [5, 5.41) is 0. The van der Waals surface area contributed by atoms with Gasteiger partial charge in [-0.25, -0.2) is 0 Å². The lowest BCUT2D eigenvalue weighted by Crippen LogP contribution is -2.44. The maximum Gasteiger partial charge on any atom is 0.264 e. The standard InChI is InChI=1S/C23H38N2O8S2/c1-34(28,29)32-11-9-24(10-12-33-35(2,30)31)14-18-5-3-4-6-19(18)15-25-22(26)20-16-7-8-17(13-16)21(20)23(25)27/h16-21H,3-15H2,1-2H3/t16-,17+,18-,19-,20+,21-/m0/s1. The summed E-state index contributed by atoms with van der Waals surface area (Å²) < 4.78 is 55.3. The molecular formula is C23H38N2O8S2. The Morgan fingerprint density at radius 1 is 0.800 bits per heavy atom. The van der Waals surface area contributed by atoms with E-state index in [-0.39, 0.29) is 48.7 Å². The van der Waals surface area contributed by atoms with Gasteiger partial charge in [-0.3, -0.25) is 27.8 Å². The first-order valence-corrected chi connectivity index (χ1v) is 16.3. The summed E-state index contributed by atoms with van der Waals surface area (Å²) in [7, 11) is -7.16. The minimum atomic E-state index is -3.58. The van der Waals surface area contributed by atoms with Crippen molar-refractivity contribution in [3.05, 3.63) is 0 Å². The van der Waals surface area contributed by atoms with Gasteiger partial charge in [0.05, 0.1) is 37.6 Å². The third-order valence-electron chi connectivity index (χ3n) is 8.40. The van der Waals surface area contributed by atoms with Crippen molar-refractivity contribution in [2.75, 3.05) is 51.9 Å². The molecule has 200 valence electrons. The SMILES string of the molecule is CS(=O)(=O)OCCN(CCOS(C)(=O)=O)C[C@@H]1CCCC[C@H]1CN1C(=O)[C@@H]2[C@H]3CC[C@H](C3)[C@@H]2C1=O. The lowest BCUT2D eigenvalue weighted by Gasteiger charge is -2.37. The molecule has 6 atom stereocenters. The minimum absolute atomic E-state index is 0.0245. The van der Waals surface area contributed by atoms with Crippen LogP contribution in [0.2, 0.25) is 0 Å². The fourth-order valence-electron chi connectivity index (χ4n) is 6.91. The third kappa shape index (κ3) is 6.63. The number of fused-ring (bicyclic) bond motifs is 5. The van der Waals surface area contributed by atoms with E-state index in [0.29, 0.717) is 38.0 Å². The van der Waals surface area contributed by atoms with Crippen molar-refractivity contribution in [3.8, 4) is 0 Å². The first-order chi connectivity index (χ1) is 16.4. The van der Waals surface area contributed by atoms with Gasteiger partial charge >= 0.3 is 0 Å². The summed E-state index contributed by atoms with van der Waals surface area (Å²) >= 11 is 0. The Morgan fingerprint density at radius 3 is 1.77 bits per heavy atom. The number of hydrogen-bond acceptors (Lipinski definition) is 9. The monoisotopic (exact) mass is 534 g/mol. The molecule has 2 amide bonds. The third-order valence-corrected chi connectivity index (χ3v) is 9.59. The minimum Gasteiger partial charge on any atom is -0.298 e. The number of nitrogens with zero attached hydrogens (tertiary/aromatic N) is 2. The van der Waals surface area contributed by atoms with Crippen LogP contribution in [0, 0.1) is 35.5 Å². The summed E-state index contributed by atoms with van der Waals surface area (Å²) in [5.41, 5.74) is 0. The molecule has 0 spiro atoms. The molecule has 4 aliphatic rings. The predicted octanol–water partition coefficient (Wildman–Crippen LogP) is 1.08. The molecule has 2 bridgehead atoms. The van der Waals surface area contributed by atoms with E-state index in [1.807, 2.05) is 4.90 Å². The maximum atomic E-state index is 13.2.